The number of para-hydroxylation sites is 1. The van der Waals surface area contributed by atoms with E-state index in [4.69, 9.17) is 14.3 Å². The Morgan fingerprint density at radius 2 is 1.91 bits per heavy atom. The SMILES string of the molecule is O=C(O)c1ccc(C(=O)NCc2ccccc2OCC2CC2)o1. The lowest BCUT2D eigenvalue weighted by Crippen LogP contribution is -2.22. The van der Waals surface area contributed by atoms with E-state index in [0.717, 1.165) is 11.3 Å². The van der Waals surface area contributed by atoms with Crippen molar-refractivity contribution in [1.82, 2.24) is 5.32 Å². The minimum Gasteiger partial charge on any atom is -0.493 e. The highest BCUT2D eigenvalue weighted by Gasteiger charge is 2.22. The molecule has 6 heteroatoms. The number of benzene rings is 1. The molecule has 1 amide bonds. The summed E-state index contributed by atoms with van der Waals surface area (Å²) in [5, 5.41) is 11.5. The number of hydrogen-bond donors (Lipinski definition) is 2. The van der Waals surface area contributed by atoms with Crippen LogP contribution in [0.1, 0.15) is 39.5 Å². The molecule has 0 spiro atoms. The van der Waals surface area contributed by atoms with Gasteiger partial charge in [0.15, 0.2) is 5.76 Å². The van der Waals surface area contributed by atoms with Crippen LogP contribution in [0, 0.1) is 5.92 Å². The molecule has 0 atom stereocenters. The van der Waals surface area contributed by atoms with E-state index in [1.165, 1.54) is 25.0 Å². The van der Waals surface area contributed by atoms with Crippen molar-refractivity contribution in [3.8, 4) is 5.75 Å². The third-order valence-corrected chi connectivity index (χ3v) is 3.62. The van der Waals surface area contributed by atoms with Crippen LogP contribution in [-0.2, 0) is 6.54 Å². The molecule has 0 bridgehead atoms. The zero-order chi connectivity index (χ0) is 16.2. The van der Waals surface area contributed by atoms with Gasteiger partial charge < -0.3 is 19.6 Å². The maximum Gasteiger partial charge on any atom is 0.371 e. The molecule has 0 radical (unpaired) electrons. The van der Waals surface area contributed by atoms with Gasteiger partial charge in [-0.2, -0.15) is 0 Å². The maximum atomic E-state index is 12.0. The predicted molar refractivity (Wildman–Crippen MR) is 81.5 cm³/mol. The number of furan rings is 1. The van der Waals surface area contributed by atoms with Crippen molar-refractivity contribution in [3.63, 3.8) is 0 Å². The van der Waals surface area contributed by atoms with E-state index < -0.39 is 11.9 Å². The van der Waals surface area contributed by atoms with Gasteiger partial charge in [0, 0.05) is 12.1 Å². The molecule has 1 heterocycles. The number of amides is 1. The monoisotopic (exact) mass is 315 g/mol. The molecule has 0 unspecified atom stereocenters. The number of aromatic carboxylic acids is 1. The van der Waals surface area contributed by atoms with Gasteiger partial charge >= 0.3 is 5.97 Å². The van der Waals surface area contributed by atoms with Crippen LogP contribution in [0.15, 0.2) is 40.8 Å². The Hall–Kier alpha value is -2.76. The van der Waals surface area contributed by atoms with E-state index in [1.54, 1.807) is 0 Å². The van der Waals surface area contributed by atoms with Gasteiger partial charge in [-0.15, -0.1) is 0 Å². The third kappa shape index (κ3) is 3.91. The molecule has 2 aromatic rings. The molecular weight excluding hydrogens is 298 g/mol. The highest BCUT2D eigenvalue weighted by molar-refractivity contribution is 5.93. The minimum atomic E-state index is -1.21. The summed E-state index contributed by atoms with van der Waals surface area (Å²) in [7, 11) is 0. The lowest BCUT2D eigenvalue weighted by atomic mass is 10.2. The first-order chi connectivity index (χ1) is 11.1. The van der Waals surface area contributed by atoms with Crippen LogP contribution in [0.2, 0.25) is 0 Å². The predicted octanol–water partition coefficient (Wildman–Crippen LogP) is 2.70. The van der Waals surface area contributed by atoms with E-state index >= 15 is 0 Å². The maximum absolute atomic E-state index is 12.0. The molecule has 3 rings (SSSR count). The Bertz CT molecular complexity index is 717. The molecule has 0 aliphatic heterocycles. The average molecular weight is 315 g/mol. The van der Waals surface area contributed by atoms with E-state index in [1.807, 2.05) is 24.3 Å². The smallest absolute Gasteiger partial charge is 0.371 e. The highest BCUT2D eigenvalue weighted by atomic mass is 16.5. The van der Waals surface area contributed by atoms with Crippen LogP contribution in [-0.4, -0.2) is 23.6 Å². The minimum absolute atomic E-state index is 0.0289. The van der Waals surface area contributed by atoms with Gasteiger partial charge in [-0.25, -0.2) is 4.79 Å². The number of carboxylic acids is 1. The first-order valence-electron chi connectivity index (χ1n) is 7.45. The fourth-order valence-electron chi connectivity index (χ4n) is 2.12. The van der Waals surface area contributed by atoms with Crippen LogP contribution in [0.25, 0.3) is 0 Å². The van der Waals surface area contributed by atoms with E-state index in [2.05, 4.69) is 5.32 Å². The fraction of sp³-hybridized carbons (Fsp3) is 0.294. The molecule has 1 aromatic carbocycles. The molecule has 0 saturated heterocycles. The van der Waals surface area contributed by atoms with Crippen molar-refractivity contribution in [2.75, 3.05) is 6.61 Å². The van der Waals surface area contributed by atoms with Gasteiger partial charge in [-0.05, 0) is 37.0 Å². The second kappa shape index (κ2) is 6.56. The van der Waals surface area contributed by atoms with Gasteiger partial charge in [-0.3, -0.25) is 4.79 Å². The number of ether oxygens (including phenoxy) is 1. The molecule has 1 saturated carbocycles. The molecule has 6 nitrogen and oxygen atoms in total. The van der Waals surface area contributed by atoms with Gasteiger partial charge in [0.25, 0.3) is 5.91 Å². The zero-order valence-corrected chi connectivity index (χ0v) is 12.5. The number of hydrogen-bond acceptors (Lipinski definition) is 4. The number of rotatable bonds is 7. The van der Waals surface area contributed by atoms with Gasteiger partial charge in [-0.1, -0.05) is 18.2 Å². The summed E-state index contributed by atoms with van der Waals surface area (Å²) in [6.45, 7) is 0.980. The van der Waals surface area contributed by atoms with E-state index in [9.17, 15) is 9.59 Å². The van der Waals surface area contributed by atoms with Crippen LogP contribution in [0.3, 0.4) is 0 Å². The Labute approximate surface area is 133 Å². The molecule has 2 N–H and O–H groups in total. The highest BCUT2D eigenvalue weighted by Crippen LogP contribution is 2.30. The quantitative estimate of drug-likeness (QED) is 0.820. The normalized spacial score (nSPS) is 13.6. The third-order valence-electron chi connectivity index (χ3n) is 3.62. The fourth-order valence-corrected chi connectivity index (χ4v) is 2.12. The Balaban J connectivity index is 1.60. The number of carbonyl (C=O) groups excluding carboxylic acids is 1. The van der Waals surface area contributed by atoms with Crippen molar-refractivity contribution in [3.05, 3.63) is 53.5 Å². The summed E-state index contributed by atoms with van der Waals surface area (Å²) < 4.78 is 10.8. The number of carbonyl (C=O) groups is 2. The van der Waals surface area contributed by atoms with Crippen LogP contribution >= 0.6 is 0 Å². The summed E-state index contributed by atoms with van der Waals surface area (Å²) in [6.07, 6.45) is 2.42. The topological polar surface area (TPSA) is 88.8 Å². The lowest BCUT2D eigenvalue weighted by Gasteiger charge is -2.11. The molecule has 1 fully saturated rings. The molecular formula is C17H17NO5. The Morgan fingerprint density at radius 1 is 1.17 bits per heavy atom. The Kier molecular flexibility index (Phi) is 4.32. The molecule has 1 aliphatic rings. The molecule has 1 aromatic heterocycles. The molecule has 1 aliphatic carbocycles. The first-order valence-corrected chi connectivity index (χ1v) is 7.45. The first kappa shape index (κ1) is 15.1. The van der Waals surface area contributed by atoms with Crippen molar-refractivity contribution in [2.24, 2.45) is 5.92 Å². The Morgan fingerprint density at radius 3 is 2.61 bits per heavy atom. The second-order valence-electron chi connectivity index (χ2n) is 5.51. The summed E-state index contributed by atoms with van der Waals surface area (Å²) in [6, 6.07) is 10.1. The molecule has 120 valence electrons. The zero-order valence-electron chi connectivity index (χ0n) is 12.5. The van der Waals surface area contributed by atoms with E-state index in [-0.39, 0.29) is 18.1 Å². The summed E-state index contributed by atoms with van der Waals surface area (Å²) in [5.74, 6) is -0.556. The molecule has 23 heavy (non-hydrogen) atoms. The van der Waals surface area contributed by atoms with Crippen molar-refractivity contribution < 1.29 is 23.8 Å². The van der Waals surface area contributed by atoms with Crippen molar-refractivity contribution in [2.45, 2.75) is 19.4 Å². The van der Waals surface area contributed by atoms with Gasteiger partial charge in [0.1, 0.15) is 5.75 Å². The van der Waals surface area contributed by atoms with E-state index in [0.29, 0.717) is 12.5 Å². The second-order valence-corrected chi connectivity index (χ2v) is 5.51. The van der Waals surface area contributed by atoms with Crippen molar-refractivity contribution in [1.29, 1.82) is 0 Å². The lowest BCUT2D eigenvalue weighted by molar-refractivity contribution is 0.0659. The van der Waals surface area contributed by atoms with Crippen molar-refractivity contribution >= 4 is 11.9 Å². The van der Waals surface area contributed by atoms with Crippen LogP contribution < -0.4 is 10.1 Å². The average Bonchev–Trinajstić information content (AvgIpc) is 3.24. The van der Waals surface area contributed by atoms with Gasteiger partial charge in [0.05, 0.1) is 6.61 Å². The number of nitrogens with one attached hydrogen (secondary N) is 1. The summed E-state index contributed by atoms with van der Waals surface area (Å²) in [5.41, 5.74) is 0.867. The van der Waals surface area contributed by atoms with Crippen LogP contribution in [0.4, 0.5) is 0 Å². The summed E-state index contributed by atoms with van der Waals surface area (Å²) in [4.78, 5) is 22.8. The van der Waals surface area contributed by atoms with Gasteiger partial charge in [0.2, 0.25) is 5.76 Å². The van der Waals surface area contributed by atoms with Crippen LogP contribution in [0.5, 0.6) is 5.75 Å². The summed E-state index contributed by atoms with van der Waals surface area (Å²) >= 11 is 0. The largest absolute Gasteiger partial charge is 0.493 e. The standard InChI is InChI=1S/C17H17NO5/c19-16(14-7-8-15(23-14)17(20)21)18-9-12-3-1-2-4-13(12)22-10-11-5-6-11/h1-4,7-8,11H,5-6,9-10H2,(H,18,19)(H,20,21). The number of carboxylic acid groups (broad SMARTS) is 1.